The van der Waals surface area contributed by atoms with Gasteiger partial charge >= 0.3 is 99.2 Å². The van der Waals surface area contributed by atoms with Gasteiger partial charge in [0.25, 0.3) is 0 Å². The van der Waals surface area contributed by atoms with E-state index in [0.717, 1.165) is 0 Å². The zero-order chi connectivity index (χ0) is 9.54. The first-order valence-corrected chi connectivity index (χ1v) is 6.01. The van der Waals surface area contributed by atoms with Crippen molar-refractivity contribution in [1.29, 1.82) is 0 Å². The second kappa shape index (κ2) is 5.49. The molecule has 1 aromatic rings. The van der Waals surface area contributed by atoms with Crippen molar-refractivity contribution in [2.75, 3.05) is 0 Å². The fraction of sp³-hybridized carbons (Fsp3) is 0.0769. The molecule has 0 heterocycles. The van der Waals surface area contributed by atoms with E-state index in [1.165, 1.54) is 44.7 Å². The van der Waals surface area contributed by atoms with Crippen molar-refractivity contribution in [2.45, 2.75) is 5.92 Å². The third kappa shape index (κ3) is 2.01. The van der Waals surface area contributed by atoms with Crippen molar-refractivity contribution >= 4 is 3.28 Å². The molecule has 1 aromatic carbocycles. The SMILES string of the molecule is [Cl-].[Cl-].[Zr+2][C]1=C2C=CC=CC2c2ccccc21. The molecule has 0 spiro atoms. The maximum atomic E-state index is 2.30. The van der Waals surface area contributed by atoms with Crippen molar-refractivity contribution < 1.29 is 49.5 Å². The number of benzene rings is 1. The summed E-state index contributed by atoms with van der Waals surface area (Å²) in [6.45, 7) is 0. The van der Waals surface area contributed by atoms with Crippen LogP contribution in [0.15, 0.2) is 54.1 Å². The van der Waals surface area contributed by atoms with Gasteiger partial charge in [0.1, 0.15) is 0 Å². The normalized spacial score (nSPS) is 19.8. The van der Waals surface area contributed by atoms with E-state index in [1.807, 2.05) is 0 Å². The van der Waals surface area contributed by atoms with Gasteiger partial charge < -0.3 is 24.8 Å². The number of hydrogen-bond donors (Lipinski definition) is 0. The van der Waals surface area contributed by atoms with Crippen LogP contribution in [-0.2, 0) is 24.7 Å². The summed E-state index contributed by atoms with van der Waals surface area (Å²) in [4.78, 5) is 0. The molecule has 0 nitrogen and oxygen atoms in total. The molecule has 0 saturated carbocycles. The van der Waals surface area contributed by atoms with E-state index < -0.39 is 0 Å². The Labute approximate surface area is 123 Å². The molecule has 2 aliphatic rings. The standard InChI is InChI=1S/C13H9.2ClH.Zr/c1-3-7-12-10(5-1)9-11-6-2-4-8-13(11)12;;;/h1-8,12H;2*1H;/q;;;+2/p-2. The first kappa shape index (κ1) is 14.0. The maximum absolute atomic E-state index is 2.30. The summed E-state index contributed by atoms with van der Waals surface area (Å²) in [6, 6.07) is 8.76. The van der Waals surface area contributed by atoms with Crippen molar-refractivity contribution in [1.82, 2.24) is 0 Å². The second-order valence-corrected chi connectivity index (χ2v) is 4.87. The minimum absolute atomic E-state index is 0. The zero-order valence-electron chi connectivity index (χ0n) is 8.45. The number of hydrogen-bond acceptors (Lipinski definition) is 0. The van der Waals surface area contributed by atoms with Crippen LogP contribution >= 0.6 is 0 Å². The van der Waals surface area contributed by atoms with Crippen LogP contribution in [0.4, 0.5) is 0 Å². The van der Waals surface area contributed by atoms with Crippen LogP contribution in [0, 0.1) is 0 Å². The summed E-state index contributed by atoms with van der Waals surface area (Å²) < 4.78 is 1.53. The summed E-state index contributed by atoms with van der Waals surface area (Å²) in [5.41, 5.74) is 4.45. The summed E-state index contributed by atoms with van der Waals surface area (Å²) >= 11 is 1.52. The van der Waals surface area contributed by atoms with Gasteiger partial charge in [-0.2, -0.15) is 0 Å². The third-order valence-corrected chi connectivity index (χ3v) is 4.25. The molecule has 0 saturated heterocycles. The van der Waals surface area contributed by atoms with Gasteiger partial charge in [-0.3, -0.25) is 0 Å². The molecule has 0 fully saturated rings. The molecule has 79 valence electrons. The summed E-state index contributed by atoms with van der Waals surface area (Å²) in [5.74, 6) is 0.533. The van der Waals surface area contributed by atoms with Gasteiger partial charge in [-0.1, -0.05) is 0 Å². The second-order valence-electron chi connectivity index (χ2n) is 3.64. The molecular weight excluding hydrogens is 318 g/mol. The Bertz CT molecular complexity index is 486. The predicted molar refractivity (Wildman–Crippen MR) is 54.4 cm³/mol. The van der Waals surface area contributed by atoms with Crippen molar-refractivity contribution in [3.8, 4) is 0 Å². The molecular formula is C13H9Cl2Zr. The summed E-state index contributed by atoms with van der Waals surface area (Å²) in [5, 5.41) is 0. The van der Waals surface area contributed by atoms with Gasteiger partial charge in [0.2, 0.25) is 0 Å². The third-order valence-electron chi connectivity index (χ3n) is 2.88. The van der Waals surface area contributed by atoms with Crippen molar-refractivity contribution in [3.05, 3.63) is 65.3 Å². The van der Waals surface area contributed by atoms with E-state index in [1.54, 1.807) is 0 Å². The Balaban J connectivity index is 0.000000640. The molecule has 0 aliphatic heterocycles. The van der Waals surface area contributed by atoms with Crippen LogP contribution in [0.1, 0.15) is 17.0 Å². The Morgan fingerprint density at radius 2 is 1.75 bits per heavy atom. The van der Waals surface area contributed by atoms with Crippen LogP contribution in [-0.4, -0.2) is 0 Å². The molecule has 0 radical (unpaired) electrons. The van der Waals surface area contributed by atoms with Gasteiger partial charge in [0.05, 0.1) is 0 Å². The number of allylic oxidation sites excluding steroid dienone is 5. The number of rotatable bonds is 0. The van der Waals surface area contributed by atoms with E-state index in [0.29, 0.717) is 5.92 Å². The topological polar surface area (TPSA) is 0 Å². The van der Waals surface area contributed by atoms with E-state index in [2.05, 4.69) is 48.6 Å². The number of fused-ring (bicyclic) bond motifs is 3. The van der Waals surface area contributed by atoms with Gasteiger partial charge in [-0.15, -0.1) is 0 Å². The fourth-order valence-electron chi connectivity index (χ4n) is 2.20. The Morgan fingerprint density at radius 3 is 2.56 bits per heavy atom. The molecule has 0 N–H and O–H groups in total. The first-order valence-electron chi connectivity index (χ1n) is 4.78. The van der Waals surface area contributed by atoms with Crippen LogP contribution in [0.2, 0.25) is 0 Å². The molecule has 1 unspecified atom stereocenters. The first-order chi connectivity index (χ1) is 6.88. The molecule has 3 heteroatoms. The molecule has 0 aromatic heterocycles. The summed E-state index contributed by atoms with van der Waals surface area (Å²) in [6.07, 6.45) is 8.85. The van der Waals surface area contributed by atoms with Gasteiger partial charge in [-0.25, -0.2) is 0 Å². The average molecular weight is 327 g/mol. The van der Waals surface area contributed by atoms with E-state index >= 15 is 0 Å². The van der Waals surface area contributed by atoms with E-state index in [9.17, 15) is 0 Å². The van der Waals surface area contributed by atoms with Gasteiger partial charge in [0.15, 0.2) is 0 Å². The average Bonchev–Trinajstić information content (AvgIpc) is 2.55. The zero-order valence-corrected chi connectivity index (χ0v) is 12.4. The Hall–Kier alpha value is -0.0969. The van der Waals surface area contributed by atoms with Crippen molar-refractivity contribution in [3.63, 3.8) is 0 Å². The number of halogens is 2. The van der Waals surface area contributed by atoms with E-state index in [-0.39, 0.29) is 24.8 Å². The van der Waals surface area contributed by atoms with Crippen LogP contribution in [0.3, 0.4) is 0 Å². The van der Waals surface area contributed by atoms with Gasteiger partial charge in [-0.05, 0) is 0 Å². The molecule has 0 bridgehead atoms. The molecule has 1 atom stereocenters. The molecule has 16 heavy (non-hydrogen) atoms. The minimum atomic E-state index is 0. The van der Waals surface area contributed by atoms with Crippen LogP contribution in [0.25, 0.3) is 3.28 Å². The van der Waals surface area contributed by atoms with Crippen molar-refractivity contribution in [2.24, 2.45) is 0 Å². The van der Waals surface area contributed by atoms with E-state index in [4.69, 9.17) is 0 Å². The van der Waals surface area contributed by atoms with Crippen LogP contribution < -0.4 is 24.8 Å². The van der Waals surface area contributed by atoms with Gasteiger partial charge in [0, 0.05) is 0 Å². The molecule has 2 aliphatic carbocycles. The quantitative estimate of drug-likeness (QED) is 0.482. The summed E-state index contributed by atoms with van der Waals surface area (Å²) in [7, 11) is 0. The van der Waals surface area contributed by atoms with Crippen LogP contribution in [0.5, 0.6) is 0 Å². The molecule has 3 rings (SSSR count). The fourth-order valence-corrected chi connectivity index (χ4v) is 3.35. The molecule has 0 amide bonds. The Morgan fingerprint density at radius 1 is 1.00 bits per heavy atom. The predicted octanol–water partition coefficient (Wildman–Crippen LogP) is -2.82. The Kier molecular flexibility index (Phi) is 4.79. The monoisotopic (exact) mass is 325 g/mol.